The van der Waals surface area contributed by atoms with E-state index in [-0.39, 0.29) is 48.0 Å². The van der Waals surface area contributed by atoms with Crippen molar-refractivity contribution < 1.29 is 53.0 Å². The molecule has 0 radical (unpaired) electrons. The third-order valence-electron chi connectivity index (χ3n) is 5.24. The van der Waals surface area contributed by atoms with Crippen molar-refractivity contribution in [2.45, 2.75) is 25.4 Å². The Balaban J connectivity index is 2.07. The molecule has 198 valence electrons. The van der Waals surface area contributed by atoms with Crippen molar-refractivity contribution in [2.75, 3.05) is 48.8 Å². The first-order valence-corrected chi connectivity index (χ1v) is 11.1. The highest BCUT2D eigenvalue weighted by atomic mass is 16.6. The van der Waals surface area contributed by atoms with Crippen LogP contribution in [0.3, 0.4) is 0 Å². The zero-order valence-electron chi connectivity index (χ0n) is 21.0. The molecule has 36 heavy (non-hydrogen) atoms. The van der Waals surface area contributed by atoms with Gasteiger partial charge in [0.05, 0.1) is 53.3 Å². The van der Waals surface area contributed by atoms with Gasteiger partial charge in [0, 0.05) is 13.0 Å². The van der Waals surface area contributed by atoms with Crippen molar-refractivity contribution in [1.29, 1.82) is 0 Å². The van der Waals surface area contributed by atoms with Gasteiger partial charge in [-0.2, -0.15) is 0 Å². The van der Waals surface area contributed by atoms with Crippen LogP contribution in [0.4, 0.5) is 0 Å². The number of ether oxygens (including phenoxy) is 7. The summed E-state index contributed by atoms with van der Waals surface area (Å²) in [5.74, 6) is -0.0838. The van der Waals surface area contributed by atoms with Crippen molar-refractivity contribution in [2.24, 2.45) is 0 Å². The molecule has 1 unspecified atom stereocenters. The summed E-state index contributed by atoms with van der Waals surface area (Å²) < 4.78 is 37.7. The van der Waals surface area contributed by atoms with Gasteiger partial charge in [-0.1, -0.05) is 0 Å². The third kappa shape index (κ3) is 7.08. The van der Waals surface area contributed by atoms with Gasteiger partial charge in [0.25, 0.3) is 0 Å². The van der Waals surface area contributed by atoms with Crippen LogP contribution in [-0.4, -0.2) is 77.0 Å². The van der Waals surface area contributed by atoms with Gasteiger partial charge >= 0.3 is 11.9 Å². The van der Waals surface area contributed by atoms with E-state index >= 15 is 0 Å². The Kier molecular flexibility index (Phi) is 10.9. The summed E-state index contributed by atoms with van der Waals surface area (Å²) in [5, 5.41) is 18.8. The van der Waals surface area contributed by atoms with Crippen LogP contribution in [-0.2, 0) is 4.74 Å². The predicted octanol–water partition coefficient (Wildman–Crippen LogP) is 3.19. The highest BCUT2D eigenvalue weighted by molar-refractivity contribution is 5.91. The van der Waals surface area contributed by atoms with E-state index in [2.05, 4.69) is 0 Å². The number of hydrogen-bond donors (Lipinski definition) is 2. The van der Waals surface area contributed by atoms with Gasteiger partial charge < -0.3 is 43.4 Å². The first-order valence-electron chi connectivity index (χ1n) is 11.1. The number of aliphatic hydroxyl groups is 1. The minimum absolute atomic E-state index is 0.0138. The summed E-state index contributed by atoms with van der Waals surface area (Å²) >= 11 is 0. The Labute approximate surface area is 209 Å². The first kappa shape index (κ1) is 28.4. The maximum atomic E-state index is 12.8. The highest BCUT2D eigenvalue weighted by Crippen LogP contribution is 2.39. The van der Waals surface area contributed by atoms with Crippen LogP contribution >= 0.6 is 0 Å². The van der Waals surface area contributed by atoms with Crippen LogP contribution in [0.25, 0.3) is 0 Å². The standard InChI is InChI=1S/C25H32O11/c1-30-18-11-15(24(27)28)12-21(23(18)34-5)35-10-6-7-17(8-9-26)36-25(29)16-13-19(31-2)22(33-4)20(14-16)32-3/h11-14,17,26H,6-10H2,1-5H3,(H,27,28). The first-order chi connectivity index (χ1) is 17.3. The molecule has 2 aromatic carbocycles. The third-order valence-corrected chi connectivity index (χ3v) is 5.24. The molecule has 2 aromatic rings. The highest BCUT2D eigenvalue weighted by Gasteiger charge is 2.21. The number of carbonyl (C=O) groups excluding carboxylic acids is 1. The van der Waals surface area contributed by atoms with Crippen LogP contribution in [0.5, 0.6) is 34.5 Å². The fraction of sp³-hybridized carbons (Fsp3) is 0.440. The van der Waals surface area contributed by atoms with Crippen molar-refractivity contribution >= 4 is 11.9 Å². The van der Waals surface area contributed by atoms with Gasteiger partial charge in [-0.25, -0.2) is 9.59 Å². The van der Waals surface area contributed by atoms with Crippen molar-refractivity contribution in [1.82, 2.24) is 0 Å². The van der Waals surface area contributed by atoms with E-state index in [0.717, 1.165) is 0 Å². The lowest BCUT2D eigenvalue weighted by Gasteiger charge is -2.19. The van der Waals surface area contributed by atoms with E-state index in [1.165, 1.54) is 59.8 Å². The predicted molar refractivity (Wildman–Crippen MR) is 128 cm³/mol. The van der Waals surface area contributed by atoms with E-state index in [1.54, 1.807) is 0 Å². The molecule has 2 rings (SSSR count). The zero-order chi connectivity index (χ0) is 26.7. The van der Waals surface area contributed by atoms with Gasteiger partial charge in [-0.15, -0.1) is 0 Å². The molecule has 0 bridgehead atoms. The summed E-state index contributed by atoms with van der Waals surface area (Å²) in [6.07, 6.45) is 0.457. The molecule has 0 fully saturated rings. The molecule has 0 aliphatic heterocycles. The second-order valence-electron chi connectivity index (χ2n) is 7.46. The van der Waals surface area contributed by atoms with E-state index in [0.29, 0.717) is 30.1 Å². The lowest BCUT2D eigenvalue weighted by atomic mass is 10.1. The fourth-order valence-corrected chi connectivity index (χ4v) is 3.48. The lowest BCUT2D eigenvalue weighted by molar-refractivity contribution is 0.0205. The monoisotopic (exact) mass is 508 g/mol. The number of methoxy groups -OCH3 is 5. The van der Waals surface area contributed by atoms with Crippen molar-refractivity contribution in [3.8, 4) is 34.5 Å². The van der Waals surface area contributed by atoms with E-state index in [1.807, 2.05) is 0 Å². The van der Waals surface area contributed by atoms with Crippen LogP contribution < -0.4 is 28.4 Å². The number of carboxylic acids is 1. The molecule has 0 saturated carbocycles. The molecular weight excluding hydrogens is 476 g/mol. The average molecular weight is 509 g/mol. The van der Waals surface area contributed by atoms with Crippen LogP contribution in [0, 0.1) is 0 Å². The number of esters is 1. The molecule has 11 nitrogen and oxygen atoms in total. The normalized spacial score (nSPS) is 11.3. The van der Waals surface area contributed by atoms with E-state index in [4.69, 9.17) is 33.2 Å². The summed E-state index contributed by atoms with van der Waals surface area (Å²) in [7, 11) is 7.16. The quantitative estimate of drug-likeness (QED) is 0.271. The Morgan fingerprint density at radius 3 is 1.72 bits per heavy atom. The smallest absolute Gasteiger partial charge is 0.338 e. The molecule has 0 spiro atoms. The van der Waals surface area contributed by atoms with Crippen molar-refractivity contribution in [3.05, 3.63) is 35.4 Å². The van der Waals surface area contributed by atoms with Gasteiger partial charge in [-0.3, -0.25) is 0 Å². The largest absolute Gasteiger partial charge is 0.493 e. The molecule has 0 saturated heterocycles. The van der Waals surface area contributed by atoms with Crippen LogP contribution in [0.15, 0.2) is 24.3 Å². The maximum absolute atomic E-state index is 12.8. The number of aliphatic hydroxyl groups excluding tert-OH is 1. The zero-order valence-corrected chi connectivity index (χ0v) is 21.0. The maximum Gasteiger partial charge on any atom is 0.338 e. The topological polar surface area (TPSA) is 139 Å². The van der Waals surface area contributed by atoms with Crippen molar-refractivity contribution in [3.63, 3.8) is 0 Å². The van der Waals surface area contributed by atoms with E-state index in [9.17, 15) is 19.8 Å². The minimum atomic E-state index is -1.14. The number of aromatic carboxylic acids is 1. The van der Waals surface area contributed by atoms with Gasteiger partial charge in [0.1, 0.15) is 6.10 Å². The average Bonchev–Trinajstić information content (AvgIpc) is 2.89. The number of benzene rings is 2. The Morgan fingerprint density at radius 1 is 0.750 bits per heavy atom. The van der Waals surface area contributed by atoms with E-state index < -0.39 is 18.0 Å². The molecule has 0 aliphatic carbocycles. The molecule has 0 aromatic heterocycles. The Morgan fingerprint density at radius 2 is 1.25 bits per heavy atom. The summed E-state index contributed by atoms with van der Waals surface area (Å²) in [4.78, 5) is 24.2. The summed E-state index contributed by atoms with van der Waals surface area (Å²) in [5.41, 5.74) is 0.186. The van der Waals surface area contributed by atoms with Gasteiger partial charge in [-0.05, 0) is 37.1 Å². The van der Waals surface area contributed by atoms with Gasteiger partial charge in [0.2, 0.25) is 11.5 Å². The molecule has 2 N–H and O–H groups in total. The molecule has 0 amide bonds. The number of hydrogen-bond acceptors (Lipinski definition) is 10. The Hall–Kier alpha value is -3.86. The Bertz CT molecular complexity index is 1010. The second-order valence-corrected chi connectivity index (χ2v) is 7.46. The summed E-state index contributed by atoms with van der Waals surface area (Å²) in [6.45, 7) is -0.00795. The molecule has 11 heteroatoms. The number of carbonyl (C=O) groups is 2. The second kappa shape index (κ2) is 13.9. The number of rotatable bonds is 15. The number of carboxylic acid groups (broad SMARTS) is 1. The molecular formula is C25H32O11. The SMILES string of the molecule is COc1cc(C(=O)OC(CCO)CCCOc2cc(C(=O)O)cc(OC)c2OC)cc(OC)c1OC. The summed E-state index contributed by atoms with van der Waals surface area (Å²) in [6, 6.07) is 5.66. The lowest BCUT2D eigenvalue weighted by Crippen LogP contribution is -2.21. The minimum Gasteiger partial charge on any atom is -0.493 e. The van der Waals surface area contributed by atoms with Crippen LogP contribution in [0.2, 0.25) is 0 Å². The molecule has 0 heterocycles. The van der Waals surface area contributed by atoms with Gasteiger partial charge in [0.15, 0.2) is 23.0 Å². The fourth-order valence-electron chi connectivity index (χ4n) is 3.48. The molecule has 0 aliphatic rings. The van der Waals surface area contributed by atoms with Crippen LogP contribution in [0.1, 0.15) is 40.0 Å². The molecule has 1 atom stereocenters.